The molecule has 1 aliphatic heterocycles. The summed E-state index contributed by atoms with van der Waals surface area (Å²) in [6, 6.07) is 0. The Bertz CT molecular complexity index is 610. The lowest BCUT2D eigenvalue weighted by Gasteiger charge is -2.21. The van der Waals surface area contributed by atoms with E-state index in [-0.39, 0.29) is 6.10 Å². The first-order valence-electron chi connectivity index (χ1n) is 7.63. The van der Waals surface area contributed by atoms with Gasteiger partial charge in [0.25, 0.3) is 0 Å². The smallest absolute Gasteiger partial charge is 0.0877 e. The largest absolute Gasteiger partial charge is 0.365 e. The van der Waals surface area contributed by atoms with Crippen molar-refractivity contribution < 1.29 is 4.74 Å². The Labute approximate surface area is 120 Å². The van der Waals surface area contributed by atoms with Gasteiger partial charge in [0.1, 0.15) is 0 Å². The van der Waals surface area contributed by atoms with Gasteiger partial charge in [0.05, 0.1) is 12.2 Å². The number of hydrogen-bond acceptors (Lipinski definition) is 1. The van der Waals surface area contributed by atoms with Crippen molar-refractivity contribution in [1.82, 2.24) is 0 Å². The highest BCUT2D eigenvalue weighted by atomic mass is 16.5. The van der Waals surface area contributed by atoms with Crippen LogP contribution in [0.3, 0.4) is 0 Å². The van der Waals surface area contributed by atoms with Crippen LogP contribution in [0.4, 0.5) is 0 Å². The monoisotopic (exact) mass is 264 g/mol. The van der Waals surface area contributed by atoms with E-state index < -0.39 is 0 Å². The molecule has 0 bridgehead atoms. The molecule has 3 unspecified atom stereocenters. The topological polar surface area (TPSA) is 9.23 Å². The molecule has 0 aromatic heterocycles. The van der Waals surface area contributed by atoms with Crippen LogP contribution in [-0.4, -0.2) is 12.2 Å². The van der Waals surface area contributed by atoms with Crippen molar-refractivity contribution in [1.29, 1.82) is 0 Å². The molecule has 3 atom stereocenters. The molecular formula is C19H20O. The molecule has 0 spiro atoms. The number of fused-ring (bicyclic) bond motifs is 3. The van der Waals surface area contributed by atoms with Crippen molar-refractivity contribution in [3.05, 3.63) is 70.9 Å². The second kappa shape index (κ2) is 4.75. The van der Waals surface area contributed by atoms with E-state index in [9.17, 15) is 0 Å². The summed E-state index contributed by atoms with van der Waals surface area (Å²) < 4.78 is 6.23. The molecule has 1 heteroatoms. The summed E-state index contributed by atoms with van der Waals surface area (Å²) in [5.41, 5.74) is 5.62. The second-order valence-electron chi connectivity index (χ2n) is 6.15. The average molecular weight is 264 g/mol. The van der Waals surface area contributed by atoms with Crippen LogP contribution in [0.2, 0.25) is 0 Å². The third kappa shape index (κ3) is 1.97. The van der Waals surface area contributed by atoms with E-state index in [0.717, 1.165) is 19.3 Å². The van der Waals surface area contributed by atoms with E-state index in [2.05, 4.69) is 55.5 Å². The standard InChI is InChI=1S/C19H20O/c1-13-6-8-14(9-7-13)15-10-11-17-16-4-2-3-5-18(16)20-19(17)12-15/h2-4,6,8-11,13,18-19H,5,7,12H2,1H3. The molecule has 0 aromatic rings. The van der Waals surface area contributed by atoms with Gasteiger partial charge in [0.2, 0.25) is 0 Å². The van der Waals surface area contributed by atoms with Crippen LogP contribution in [0.5, 0.6) is 0 Å². The minimum absolute atomic E-state index is 0.264. The van der Waals surface area contributed by atoms with Gasteiger partial charge in [0.15, 0.2) is 0 Å². The molecule has 0 N–H and O–H groups in total. The molecule has 20 heavy (non-hydrogen) atoms. The Morgan fingerprint density at radius 3 is 2.80 bits per heavy atom. The van der Waals surface area contributed by atoms with Gasteiger partial charge in [-0.2, -0.15) is 0 Å². The molecule has 0 amide bonds. The molecule has 0 saturated carbocycles. The zero-order chi connectivity index (χ0) is 13.5. The summed E-state index contributed by atoms with van der Waals surface area (Å²) in [7, 11) is 0. The quantitative estimate of drug-likeness (QED) is 0.681. The maximum atomic E-state index is 6.23. The summed E-state index contributed by atoms with van der Waals surface area (Å²) >= 11 is 0. The lowest BCUT2D eigenvalue weighted by atomic mass is 9.85. The van der Waals surface area contributed by atoms with Crippen molar-refractivity contribution in [2.24, 2.45) is 5.92 Å². The molecule has 1 fully saturated rings. The molecule has 0 radical (unpaired) electrons. The molecule has 4 aliphatic rings. The predicted octanol–water partition coefficient (Wildman–Crippen LogP) is 4.42. The third-order valence-corrected chi connectivity index (χ3v) is 4.67. The summed E-state index contributed by atoms with van der Waals surface area (Å²) in [6.07, 6.45) is 21.9. The van der Waals surface area contributed by atoms with Crippen LogP contribution < -0.4 is 0 Å². The Kier molecular flexibility index (Phi) is 2.89. The highest BCUT2D eigenvalue weighted by Crippen LogP contribution is 2.41. The third-order valence-electron chi connectivity index (χ3n) is 4.67. The van der Waals surface area contributed by atoms with E-state index in [1.54, 1.807) is 0 Å². The van der Waals surface area contributed by atoms with Gasteiger partial charge >= 0.3 is 0 Å². The first-order valence-corrected chi connectivity index (χ1v) is 7.63. The van der Waals surface area contributed by atoms with Crippen molar-refractivity contribution in [2.75, 3.05) is 0 Å². The van der Waals surface area contributed by atoms with Gasteiger partial charge in [0, 0.05) is 6.42 Å². The number of rotatable bonds is 1. The summed E-state index contributed by atoms with van der Waals surface area (Å²) in [5, 5.41) is 0. The van der Waals surface area contributed by atoms with Gasteiger partial charge in [-0.1, -0.05) is 55.5 Å². The Morgan fingerprint density at radius 2 is 1.95 bits per heavy atom. The predicted molar refractivity (Wildman–Crippen MR) is 82.3 cm³/mol. The fourth-order valence-electron chi connectivity index (χ4n) is 3.48. The molecule has 1 saturated heterocycles. The maximum Gasteiger partial charge on any atom is 0.0877 e. The van der Waals surface area contributed by atoms with Crippen LogP contribution >= 0.6 is 0 Å². The van der Waals surface area contributed by atoms with Gasteiger partial charge < -0.3 is 4.74 Å². The van der Waals surface area contributed by atoms with Crippen molar-refractivity contribution in [2.45, 2.75) is 38.4 Å². The Balaban J connectivity index is 1.61. The van der Waals surface area contributed by atoms with E-state index in [0.29, 0.717) is 12.0 Å². The van der Waals surface area contributed by atoms with Crippen molar-refractivity contribution in [3.8, 4) is 0 Å². The minimum Gasteiger partial charge on any atom is -0.365 e. The minimum atomic E-state index is 0.264. The molecule has 102 valence electrons. The molecule has 4 rings (SSSR count). The lowest BCUT2D eigenvalue weighted by Crippen LogP contribution is -2.15. The van der Waals surface area contributed by atoms with Gasteiger partial charge in [-0.05, 0) is 41.1 Å². The summed E-state index contributed by atoms with van der Waals surface area (Å²) in [6.45, 7) is 2.27. The number of allylic oxidation sites excluding steroid dienone is 8. The second-order valence-corrected chi connectivity index (χ2v) is 6.15. The molecular weight excluding hydrogens is 244 g/mol. The molecule has 0 aromatic carbocycles. The highest BCUT2D eigenvalue weighted by Gasteiger charge is 2.36. The molecule has 3 aliphatic carbocycles. The fourth-order valence-corrected chi connectivity index (χ4v) is 3.48. The average Bonchev–Trinajstić information content (AvgIpc) is 2.85. The van der Waals surface area contributed by atoms with Gasteiger partial charge in [-0.15, -0.1) is 0 Å². The summed E-state index contributed by atoms with van der Waals surface area (Å²) in [5.74, 6) is 0.677. The Hall–Kier alpha value is -1.60. The highest BCUT2D eigenvalue weighted by molar-refractivity contribution is 5.54. The lowest BCUT2D eigenvalue weighted by molar-refractivity contribution is 0.0647. The van der Waals surface area contributed by atoms with Crippen LogP contribution in [0.15, 0.2) is 70.9 Å². The van der Waals surface area contributed by atoms with E-state index in [1.807, 2.05) is 0 Å². The SMILES string of the molecule is CC1C=CC(C2=CC=C3C4=CC=CCC4OC3C2)=CC1. The van der Waals surface area contributed by atoms with Crippen molar-refractivity contribution in [3.63, 3.8) is 0 Å². The number of ether oxygens (including phenoxy) is 1. The van der Waals surface area contributed by atoms with Crippen LogP contribution in [0.1, 0.15) is 26.2 Å². The summed E-state index contributed by atoms with van der Waals surface area (Å²) in [4.78, 5) is 0. The first-order chi connectivity index (χ1) is 9.81. The van der Waals surface area contributed by atoms with E-state index in [4.69, 9.17) is 4.74 Å². The van der Waals surface area contributed by atoms with Crippen LogP contribution in [0, 0.1) is 5.92 Å². The molecule has 1 heterocycles. The normalized spacial score (nSPS) is 34.8. The van der Waals surface area contributed by atoms with Gasteiger partial charge in [-0.25, -0.2) is 0 Å². The maximum absolute atomic E-state index is 6.23. The first kappa shape index (κ1) is 12.2. The Morgan fingerprint density at radius 1 is 1.05 bits per heavy atom. The number of hydrogen-bond donors (Lipinski definition) is 0. The van der Waals surface area contributed by atoms with Crippen LogP contribution in [-0.2, 0) is 4.74 Å². The van der Waals surface area contributed by atoms with E-state index in [1.165, 1.54) is 22.3 Å². The molecule has 1 nitrogen and oxygen atoms in total. The van der Waals surface area contributed by atoms with E-state index >= 15 is 0 Å². The van der Waals surface area contributed by atoms with Crippen LogP contribution in [0.25, 0.3) is 0 Å². The van der Waals surface area contributed by atoms with Crippen molar-refractivity contribution >= 4 is 0 Å². The fraction of sp³-hybridized carbons (Fsp3) is 0.368. The zero-order valence-electron chi connectivity index (χ0n) is 11.9. The van der Waals surface area contributed by atoms with Gasteiger partial charge in [-0.3, -0.25) is 0 Å². The zero-order valence-corrected chi connectivity index (χ0v) is 11.9.